The second kappa shape index (κ2) is 6.91. The Balaban J connectivity index is 1.79. The molecule has 9 heteroatoms. The van der Waals surface area contributed by atoms with Crippen molar-refractivity contribution in [2.24, 2.45) is 0 Å². The minimum absolute atomic E-state index is 0.0757. The summed E-state index contributed by atoms with van der Waals surface area (Å²) < 4.78 is 31.6. The largest absolute Gasteiger partial charge is 0.459 e. The van der Waals surface area contributed by atoms with E-state index in [-0.39, 0.29) is 17.2 Å². The summed E-state index contributed by atoms with van der Waals surface area (Å²) in [6, 6.07) is 10.9. The molecule has 0 spiro atoms. The predicted octanol–water partition coefficient (Wildman–Crippen LogP) is 2.08. The first-order valence-electron chi connectivity index (χ1n) is 7.36. The van der Waals surface area contributed by atoms with Crippen LogP contribution in [0.25, 0.3) is 0 Å². The van der Waals surface area contributed by atoms with Gasteiger partial charge in [0.15, 0.2) is 5.76 Å². The number of carbonyl (C=O) groups excluding carboxylic acids is 1. The Labute approximate surface area is 144 Å². The first kappa shape index (κ1) is 16.9. The molecule has 0 saturated carbocycles. The Morgan fingerprint density at radius 1 is 1.28 bits per heavy atom. The third kappa shape index (κ3) is 3.78. The molecule has 1 aromatic carbocycles. The smallest absolute Gasteiger partial charge is 0.291 e. The Morgan fingerprint density at radius 2 is 2.12 bits per heavy atom. The average molecular weight is 360 g/mol. The van der Waals surface area contributed by atoms with Crippen LogP contribution in [0.4, 0.5) is 5.69 Å². The van der Waals surface area contributed by atoms with Crippen molar-refractivity contribution in [3.05, 3.63) is 66.4 Å². The van der Waals surface area contributed by atoms with E-state index in [1.165, 1.54) is 35.8 Å². The van der Waals surface area contributed by atoms with E-state index in [9.17, 15) is 13.2 Å². The van der Waals surface area contributed by atoms with Crippen molar-refractivity contribution in [3.63, 3.8) is 0 Å². The minimum atomic E-state index is -3.72. The maximum absolute atomic E-state index is 12.7. The van der Waals surface area contributed by atoms with E-state index in [1.807, 2.05) is 0 Å². The molecule has 0 atom stereocenters. The molecule has 130 valence electrons. The van der Waals surface area contributed by atoms with Gasteiger partial charge in [0.05, 0.1) is 23.4 Å². The molecule has 0 radical (unpaired) electrons. The van der Waals surface area contributed by atoms with E-state index in [4.69, 9.17) is 4.42 Å². The zero-order chi connectivity index (χ0) is 17.9. The highest BCUT2D eigenvalue weighted by Gasteiger charge is 2.22. The lowest BCUT2D eigenvalue weighted by molar-refractivity contribution is 0.0996. The van der Waals surface area contributed by atoms with Crippen LogP contribution in [-0.2, 0) is 16.6 Å². The van der Waals surface area contributed by atoms with Gasteiger partial charge in [-0.2, -0.15) is 9.40 Å². The second-order valence-corrected chi connectivity index (χ2v) is 7.35. The summed E-state index contributed by atoms with van der Waals surface area (Å²) in [5.41, 5.74) is 1.03. The third-order valence-electron chi connectivity index (χ3n) is 3.50. The zero-order valence-corrected chi connectivity index (χ0v) is 14.2. The van der Waals surface area contributed by atoms with Gasteiger partial charge in [0.2, 0.25) is 10.0 Å². The molecule has 0 saturated heterocycles. The van der Waals surface area contributed by atoms with Gasteiger partial charge in [-0.05, 0) is 36.4 Å². The lowest BCUT2D eigenvalue weighted by Crippen LogP contribution is -2.26. The summed E-state index contributed by atoms with van der Waals surface area (Å²) in [4.78, 5) is 12.1. The number of aromatic nitrogens is 2. The molecule has 0 bridgehead atoms. The number of H-pyrrole nitrogens is 1. The van der Waals surface area contributed by atoms with Gasteiger partial charge < -0.3 is 9.73 Å². The maximum Gasteiger partial charge on any atom is 0.291 e. The number of anilines is 1. The molecule has 0 unspecified atom stereocenters. The van der Waals surface area contributed by atoms with Gasteiger partial charge in [-0.3, -0.25) is 9.89 Å². The monoisotopic (exact) mass is 360 g/mol. The van der Waals surface area contributed by atoms with Gasteiger partial charge in [0.25, 0.3) is 5.91 Å². The van der Waals surface area contributed by atoms with Gasteiger partial charge in [-0.25, -0.2) is 8.42 Å². The minimum Gasteiger partial charge on any atom is -0.459 e. The Bertz CT molecular complexity index is 950. The molecular weight excluding hydrogens is 344 g/mol. The Morgan fingerprint density at radius 3 is 2.80 bits per heavy atom. The molecule has 25 heavy (non-hydrogen) atoms. The van der Waals surface area contributed by atoms with Gasteiger partial charge in [-0.15, -0.1) is 0 Å². The number of carbonyl (C=O) groups is 1. The fourth-order valence-electron chi connectivity index (χ4n) is 2.21. The number of furan rings is 1. The van der Waals surface area contributed by atoms with Crippen LogP contribution in [0.2, 0.25) is 0 Å². The first-order chi connectivity index (χ1) is 12.0. The van der Waals surface area contributed by atoms with Gasteiger partial charge >= 0.3 is 0 Å². The normalized spacial score (nSPS) is 11.6. The number of amides is 1. The molecule has 3 rings (SSSR count). The molecule has 0 fully saturated rings. The number of aromatic amines is 1. The Kier molecular flexibility index (Phi) is 4.68. The molecule has 2 aromatic heterocycles. The highest BCUT2D eigenvalue weighted by molar-refractivity contribution is 7.89. The van der Waals surface area contributed by atoms with E-state index in [0.717, 1.165) is 0 Å². The number of benzene rings is 1. The third-order valence-corrected chi connectivity index (χ3v) is 5.30. The SMILES string of the molecule is CN(Cc1ccn[nH]1)S(=O)(=O)c1cccc(NC(=O)c2ccco2)c1. The summed E-state index contributed by atoms with van der Waals surface area (Å²) in [6.07, 6.45) is 2.95. The van der Waals surface area contributed by atoms with Crippen LogP contribution in [0, 0.1) is 0 Å². The first-order valence-corrected chi connectivity index (χ1v) is 8.80. The van der Waals surface area contributed by atoms with Crippen LogP contribution >= 0.6 is 0 Å². The highest BCUT2D eigenvalue weighted by Crippen LogP contribution is 2.20. The summed E-state index contributed by atoms with van der Waals surface area (Å²) in [7, 11) is -2.24. The number of sulfonamides is 1. The van der Waals surface area contributed by atoms with E-state index < -0.39 is 15.9 Å². The van der Waals surface area contributed by atoms with Gasteiger partial charge in [0.1, 0.15) is 0 Å². The summed E-state index contributed by atoms with van der Waals surface area (Å²) >= 11 is 0. The fourth-order valence-corrected chi connectivity index (χ4v) is 3.41. The molecule has 0 aliphatic rings. The van der Waals surface area contributed by atoms with E-state index in [0.29, 0.717) is 11.4 Å². The molecule has 3 aromatic rings. The molecule has 2 heterocycles. The van der Waals surface area contributed by atoms with E-state index >= 15 is 0 Å². The molecule has 8 nitrogen and oxygen atoms in total. The van der Waals surface area contributed by atoms with Crippen molar-refractivity contribution in [3.8, 4) is 0 Å². The number of hydrogen-bond acceptors (Lipinski definition) is 5. The van der Waals surface area contributed by atoms with Crippen LogP contribution in [0.15, 0.2) is 64.2 Å². The second-order valence-electron chi connectivity index (χ2n) is 5.30. The van der Waals surface area contributed by atoms with Crippen molar-refractivity contribution in [2.45, 2.75) is 11.4 Å². The number of hydrogen-bond donors (Lipinski definition) is 2. The lowest BCUT2D eigenvalue weighted by atomic mass is 10.3. The van der Waals surface area contributed by atoms with Crippen molar-refractivity contribution in [1.82, 2.24) is 14.5 Å². The fraction of sp³-hybridized carbons (Fsp3) is 0.125. The zero-order valence-electron chi connectivity index (χ0n) is 13.3. The summed E-state index contributed by atoms with van der Waals surface area (Å²) in [5, 5.41) is 9.13. The highest BCUT2D eigenvalue weighted by atomic mass is 32.2. The standard InChI is InChI=1S/C16H16N4O4S/c1-20(11-13-7-8-17-19-13)25(22,23)14-5-2-4-12(10-14)18-16(21)15-6-3-9-24-15/h2-10H,11H2,1H3,(H,17,19)(H,18,21). The number of nitrogens with zero attached hydrogens (tertiary/aromatic N) is 2. The van der Waals surface area contributed by atoms with E-state index in [1.54, 1.807) is 30.5 Å². The van der Waals surface area contributed by atoms with Crippen LogP contribution in [-0.4, -0.2) is 35.9 Å². The van der Waals surface area contributed by atoms with Crippen LogP contribution in [0.3, 0.4) is 0 Å². The maximum atomic E-state index is 12.7. The summed E-state index contributed by atoms with van der Waals surface area (Å²) in [5.74, 6) is -0.310. The van der Waals surface area contributed by atoms with Gasteiger partial charge in [-0.1, -0.05) is 6.07 Å². The molecule has 1 amide bonds. The molecular formula is C16H16N4O4S. The summed E-state index contributed by atoms with van der Waals surface area (Å²) in [6.45, 7) is 0.158. The van der Waals surface area contributed by atoms with Crippen LogP contribution in [0.5, 0.6) is 0 Å². The number of nitrogens with one attached hydrogen (secondary N) is 2. The van der Waals surface area contributed by atoms with Crippen molar-refractivity contribution >= 4 is 21.6 Å². The average Bonchev–Trinajstić information content (AvgIpc) is 3.28. The molecule has 0 aliphatic carbocycles. The Hall–Kier alpha value is -2.91. The van der Waals surface area contributed by atoms with Crippen LogP contribution < -0.4 is 5.32 Å². The molecule has 0 aliphatic heterocycles. The van der Waals surface area contributed by atoms with E-state index in [2.05, 4.69) is 15.5 Å². The quantitative estimate of drug-likeness (QED) is 0.699. The molecule has 2 N–H and O–H groups in total. The number of rotatable bonds is 6. The lowest BCUT2D eigenvalue weighted by Gasteiger charge is -2.17. The topological polar surface area (TPSA) is 108 Å². The van der Waals surface area contributed by atoms with Crippen molar-refractivity contribution in [1.29, 1.82) is 0 Å². The van der Waals surface area contributed by atoms with Crippen molar-refractivity contribution < 1.29 is 17.6 Å². The predicted molar refractivity (Wildman–Crippen MR) is 90.3 cm³/mol. The van der Waals surface area contributed by atoms with Gasteiger partial charge in [0, 0.05) is 18.9 Å². The van der Waals surface area contributed by atoms with Crippen LogP contribution in [0.1, 0.15) is 16.2 Å². The van der Waals surface area contributed by atoms with Crippen molar-refractivity contribution in [2.75, 3.05) is 12.4 Å².